The van der Waals surface area contributed by atoms with Gasteiger partial charge in [-0.2, -0.15) is 0 Å². The van der Waals surface area contributed by atoms with E-state index >= 15 is 0 Å². The van der Waals surface area contributed by atoms with E-state index in [4.69, 9.17) is 4.42 Å². The highest BCUT2D eigenvalue weighted by molar-refractivity contribution is 6.30. The molecule has 2 atom stereocenters. The number of fused-ring (bicyclic) bond motifs is 4. The Kier molecular flexibility index (Phi) is 3.36. The van der Waals surface area contributed by atoms with Gasteiger partial charge in [0.1, 0.15) is 16.5 Å². The van der Waals surface area contributed by atoms with Crippen LogP contribution in [0.5, 0.6) is 0 Å². The molecule has 0 amide bonds. The maximum atomic E-state index is 13.2. The van der Waals surface area contributed by atoms with Gasteiger partial charge in [-0.1, -0.05) is 24.3 Å². The zero-order valence-electron chi connectivity index (χ0n) is 14.9. The number of Topliss-reactive ketones (excluding diaryl/α,β-unsaturated/α-hetero) is 1. The van der Waals surface area contributed by atoms with Crippen LogP contribution in [0.2, 0.25) is 0 Å². The molecule has 10 nitrogen and oxygen atoms in total. The molecule has 2 aromatic heterocycles. The van der Waals surface area contributed by atoms with E-state index in [1.165, 1.54) is 23.7 Å². The second-order valence-corrected chi connectivity index (χ2v) is 6.85. The van der Waals surface area contributed by atoms with Gasteiger partial charge in [-0.05, 0) is 6.07 Å². The molecule has 10 heteroatoms. The third-order valence-corrected chi connectivity index (χ3v) is 5.34. The van der Waals surface area contributed by atoms with E-state index in [1.807, 2.05) is 0 Å². The zero-order valence-corrected chi connectivity index (χ0v) is 14.9. The van der Waals surface area contributed by atoms with Crippen molar-refractivity contribution in [2.24, 2.45) is 18.0 Å². The Hall–Kier alpha value is -4.08. The summed E-state index contributed by atoms with van der Waals surface area (Å²) >= 11 is 0. The Balaban J connectivity index is 1.86. The number of hydrogen-bond donors (Lipinski definition) is 1. The molecule has 1 aliphatic heterocycles. The number of carbonyl (C=O) groups is 1. The van der Waals surface area contributed by atoms with Crippen molar-refractivity contribution in [1.82, 2.24) is 9.55 Å². The molecule has 1 aromatic carbocycles. The van der Waals surface area contributed by atoms with Crippen LogP contribution in [0.4, 0.5) is 11.7 Å². The van der Waals surface area contributed by atoms with Gasteiger partial charge < -0.3 is 4.42 Å². The Labute approximate surface area is 161 Å². The first-order valence-electron chi connectivity index (χ1n) is 8.68. The molecular formula is C19H12N4O6. The van der Waals surface area contributed by atoms with E-state index in [0.29, 0.717) is 16.8 Å². The molecule has 0 saturated heterocycles. The highest BCUT2D eigenvalue weighted by atomic mass is 16.6. The monoisotopic (exact) mass is 392 g/mol. The van der Waals surface area contributed by atoms with E-state index in [0.717, 1.165) is 0 Å². The van der Waals surface area contributed by atoms with Gasteiger partial charge in [0.25, 0.3) is 5.56 Å². The Bertz CT molecular complexity index is 1380. The lowest BCUT2D eigenvalue weighted by molar-refractivity contribution is -0.402. The Morgan fingerprint density at radius 3 is 2.52 bits per heavy atom. The topological polar surface area (TPSA) is 141 Å². The number of aromatic amines is 1. The second-order valence-electron chi connectivity index (χ2n) is 6.85. The molecule has 0 saturated carbocycles. The standard InChI is InChI=1S/C19H12N4O6/c1-22-17-14(18(25)21-19(22)26)12(10-6-7-11(29-10)23(27)28)13-15(20-17)8-4-2-3-5-9(8)16(13)24/h2-7,12-13H,1H3,(H,21,25,26)/t12-,13-/m0/s1. The van der Waals surface area contributed by atoms with Crippen LogP contribution in [0.1, 0.15) is 33.2 Å². The number of furan rings is 1. The first kappa shape index (κ1) is 17.0. The maximum Gasteiger partial charge on any atom is 0.433 e. The normalized spacial score (nSPS) is 19.3. The molecule has 29 heavy (non-hydrogen) atoms. The van der Waals surface area contributed by atoms with Crippen molar-refractivity contribution < 1.29 is 14.1 Å². The van der Waals surface area contributed by atoms with Crippen molar-refractivity contribution >= 4 is 23.2 Å². The molecule has 0 spiro atoms. The number of carbonyl (C=O) groups excluding carboxylic acids is 1. The van der Waals surface area contributed by atoms with Gasteiger partial charge in [-0.15, -0.1) is 0 Å². The summed E-state index contributed by atoms with van der Waals surface area (Å²) in [5, 5.41) is 11.1. The van der Waals surface area contributed by atoms with Crippen LogP contribution < -0.4 is 11.2 Å². The number of nitro groups is 1. The Morgan fingerprint density at radius 2 is 1.83 bits per heavy atom. The minimum Gasteiger partial charge on any atom is -0.405 e. The van der Waals surface area contributed by atoms with E-state index in [-0.39, 0.29) is 22.9 Å². The largest absolute Gasteiger partial charge is 0.433 e. The Morgan fingerprint density at radius 1 is 1.10 bits per heavy atom. The summed E-state index contributed by atoms with van der Waals surface area (Å²) in [7, 11) is 1.45. The highest BCUT2D eigenvalue weighted by Gasteiger charge is 2.49. The van der Waals surface area contributed by atoms with Gasteiger partial charge in [0.2, 0.25) is 0 Å². The minimum absolute atomic E-state index is 0.0613. The number of ketones is 1. The van der Waals surface area contributed by atoms with Crippen molar-refractivity contribution in [2.75, 3.05) is 0 Å². The summed E-state index contributed by atoms with van der Waals surface area (Å²) in [5.74, 6) is -2.43. The predicted octanol–water partition coefficient (Wildman–Crippen LogP) is 1.65. The van der Waals surface area contributed by atoms with Gasteiger partial charge in [0.05, 0.1) is 29.2 Å². The first-order chi connectivity index (χ1) is 13.9. The molecule has 144 valence electrons. The van der Waals surface area contributed by atoms with E-state index < -0.39 is 33.9 Å². The third-order valence-electron chi connectivity index (χ3n) is 5.34. The molecule has 1 aliphatic carbocycles. The molecule has 0 unspecified atom stereocenters. The van der Waals surface area contributed by atoms with E-state index in [1.54, 1.807) is 24.3 Å². The second kappa shape index (κ2) is 5.71. The molecule has 2 aliphatic rings. The highest BCUT2D eigenvalue weighted by Crippen LogP contribution is 2.47. The quantitative estimate of drug-likeness (QED) is 0.519. The van der Waals surface area contributed by atoms with Gasteiger partial charge >= 0.3 is 11.6 Å². The van der Waals surface area contributed by atoms with E-state index in [2.05, 4.69) is 9.98 Å². The van der Waals surface area contributed by atoms with Gasteiger partial charge in [0.15, 0.2) is 5.78 Å². The van der Waals surface area contributed by atoms with Gasteiger partial charge in [-0.3, -0.25) is 29.3 Å². The number of benzene rings is 1. The van der Waals surface area contributed by atoms with Crippen molar-refractivity contribution in [3.05, 3.63) is 89.8 Å². The van der Waals surface area contributed by atoms with Gasteiger partial charge in [-0.25, -0.2) is 9.79 Å². The molecule has 0 bridgehead atoms. The fourth-order valence-corrected chi connectivity index (χ4v) is 4.06. The average Bonchev–Trinajstić information content (AvgIpc) is 3.30. The third kappa shape index (κ3) is 2.22. The molecule has 0 fully saturated rings. The predicted molar refractivity (Wildman–Crippen MR) is 100.0 cm³/mol. The van der Waals surface area contributed by atoms with Crippen molar-refractivity contribution in [3.63, 3.8) is 0 Å². The summed E-state index contributed by atoms with van der Waals surface area (Å²) in [6.45, 7) is 0. The van der Waals surface area contributed by atoms with Crippen LogP contribution in [0.25, 0.3) is 0 Å². The smallest absolute Gasteiger partial charge is 0.405 e. The molecular weight excluding hydrogens is 380 g/mol. The van der Waals surface area contributed by atoms with Crippen LogP contribution >= 0.6 is 0 Å². The van der Waals surface area contributed by atoms with Crippen molar-refractivity contribution in [3.8, 4) is 0 Å². The molecule has 1 N–H and O–H groups in total. The maximum absolute atomic E-state index is 13.2. The first-order valence-corrected chi connectivity index (χ1v) is 8.68. The summed E-state index contributed by atoms with van der Waals surface area (Å²) < 4.78 is 6.55. The van der Waals surface area contributed by atoms with Crippen LogP contribution in [0.3, 0.4) is 0 Å². The molecule has 5 rings (SSSR count). The van der Waals surface area contributed by atoms with E-state index in [9.17, 15) is 24.5 Å². The summed E-state index contributed by atoms with van der Waals surface area (Å²) in [5.41, 5.74) is 0.148. The molecule has 3 aromatic rings. The van der Waals surface area contributed by atoms with Crippen molar-refractivity contribution in [1.29, 1.82) is 0 Å². The van der Waals surface area contributed by atoms with Gasteiger partial charge in [0, 0.05) is 18.2 Å². The number of aliphatic imine (C=N–C) groups is 1. The van der Waals surface area contributed by atoms with Crippen LogP contribution in [-0.4, -0.2) is 26.0 Å². The number of H-pyrrole nitrogens is 1. The number of hydrogen-bond acceptors (Lipinski definition) is 7. The number of nitrogens with zero attached hydrogens (tertiary/aromatic N) is 3. The molecule has 3 heterocycles. The SMILES string of the molecule is Cn1c2c(c(=O)[nH]c1=O)[C@@H](c1ccc([N+](=O)[O-])o1)[C@@H]1C(=O)c3ccccc3C1=N2. The van der Waals surface area contributed by atoms with Crippen molar-refractivity contribution in [2.45, 2.75) is 5.92 Å². The minimum atomic E-state index is -0.957. The average molecular weight is 392 g/mol. The summed E-state index contributed by atoms with van der Waals surface area (Å²) in [6.07, 6.45) is 0. The lowest BCUT2D eigenvalue weighted by atomic mass is 9.79. The fraction of sp³-hybridized carbons (Fsp3) is 0.158. The van der Waals surface area contributed by atoms with Crippen LogP contribution in [0.15, 0.2) is 55.4 Å². The van der Waals surface area contributed by atoms with Crippen LogP contribution in [0, 0.1) is 16.0 Å². The molecule has 0 radical (unpaired) electrons. The lowest BCUT2D eigenvalue weighted by Crippen LogP contribution is -2.38. The summed E-state index contributed by atoms with van der Waals surface area (Å²) in [6, 6.07) is 9.42. The number of aromatic nitrogens is 2. The van der Waals surface area contributed by atoms with Crippen LogP contribution in [-0.2, 0) is 7.05 Å². The number of rotatable bonds is 2. The zero-order chi connectivity index (χ0) is 20.4. The lowest BCUT2D eigenvalue weighted by Gasteiger charge is -2.27. The number of nitrogens with one attached hydrogen (secondary N) is 1. The fourth-order valence-electron chi connectivity index (χ4n) is 4.06. The summed E-state index contributed by atoms with van der Waals surface area (Å²) in [4.78, 5) is 55.1.